The Hall–Kier alpha value is -2.44. The highest BCUT2D eigenvalue weighted by atomic mass is 16.4. The Kier molecular flexibility index (Phi) is 26.1. The number of aliphatic carboxylic acids is 4. The van der Waals surface area contributed by atoms with E-state index in [0.29, 0.717) is 13.0 Å². The molecule has 0 saturated carbocycles. The molecule has 0 rings (SSSR count). The summed E-state index contributed by atoms with van der Waals surface area (Å²) in [6.45, 7) is 2.76. The fraction of sp³-hybridized carbons (Fsp3) is 0.765. The molecule has 0 aromatic rings. The Morgan fingerprint density at radius 3 is 1.12 bits per heavy atom. The average Bonchev–Trinajstić information content (AvgIpc) is 2.72. The molecular formula is C17H39N5O11. The van der Waals surface area contributed by atoms with E-state index in [1.165, 1.54) is 13.8 Å². The third-order valence-corrected chi connectivity index (χ3v) is 3.41. The number of carbonyl (C=O) groups is 4. The van der Waals surface area contributed by atoms with E-state index in [1.807, 2.05) is 0 Å². The van der Waals surface area contributed by atoms with Crippen molar-refractivity contribution in [3.8, 4) is 0 Å². The lowest BCUT2D eigenvalue weighted by molar-refractivity contribution is -0.141. The maximum absolute atomic E-state index is 10.1. The van der Waals surface area contributed by atoms with Crippen LogP contribution >= 0.6 is 0 Å². The van der Waals surface area contributed by atoms with Crippen molar-refractivity contribution in [1.29, 1.82) is 0 Å². The molecule has 0 aliphatic heterocycles. The van der Waals surface area contributed by atoms with E-state index < -0.39 is 66.9 Å². The van der Waals surface area contributed by atoms with Gasteiger partial charge < -0.3 is 64.4 Å². The van der Waals surface area contributed by atoms with E-state index in [1.54, 1.807) is 0 Å². The minimum Gasteiger partial charge on any atom is -0.480 e. The van der Waals surface area contributed by atoms with Crippen LogP contribution in [0.1, 0.15) is 33.1 Å². The molecule has 6 atom stereocenters. The van der Waals surface area contributed by atoms with E-state index in [-0.39, 0.29) is 0 Å². The van der Waals surface area contributed by atoms with Crippen molar-refractivity contribution in [1.82, 2.24) is 0 Å². The second-order valence-corrected chi connectivity index (χ2v) is 6.57. The summed E-state index contributed by atoms with van der Waals surface area (Å²) in [4.78, 5) is 39.5. The van der Waals surface area contributed by atoms with Crippen LogP contribution in [0, 0.1) is 0 Å². The normalized spacial score (nSPS) is 15.2. The Balaban J connectivity index is -0.000000171. The number of aliphatic hydroxyl groups is 3. The molecule has 198 valence electrons. The third-order valence-electron chi connectivity index (χ3n) is 3.41. The van der Waals surface area contributed by atoms with Gasteiger partial charge in [0.2, 0.25) is 0 Å². The summed E-state index contributed by atoms with van der Waals surface area (Å²) in [6, 6.07) is -4.16. The first-order valence-corrected chi connectivity index (χ1v) is 9.58. The molecule has 0 unspecified atom stereocenters. The van der Waals surface area contributed by atoms with Gasteiger partial charge in [0.25, 0.3) is 0 Å². The first-order chi connectivity index (χ1) is 15.0. The molecule has 0 aliphatic rings. The van der Waals surface area contributed by atoms with Gasteiger partial charge in [-0.3, -0.25) is 19.2 Å². The summed E-state index contributed by atoms with van der Waals surface area (Å²) in [5.74, 6) is -4.47. The molecule has 0 aliphatic carbocycles. The molecule has 0 bridgehead atoms. The molecule has 0 fully saturated rings. The zero-order valence-corrected chi connectivity index (χ0v) is 18.6. The topological polar surface area (TPSA) is 340 Å². The smallest absolute Gasteiger partial charge is 0.323 e. The summed E-state index contributed by atoms with van der Waals surface area (Å²) in [6.07, 6.45) is 0.206. The quantitative estimate of drug-likeness (QED) is 0.121. The summed E-state index contributed by atoms with van der Waals surface area (Å²) < 4.78 is 0. The van der Waals surface area contributed by atoms with Gasteiger partial charge in [-0.05, 0) is 33.2 Å². The number of hydrogen-bond donors (Lipinski definition) is 12. The molecule has 16 heteroatoms. The summed E-state index contributed by atoms with van der Waals surface area (Å²) in [7, 11) is 0. The summed E-state index contributed by atoms with van der Waals surface area (Å²) in [5, 5.41) is 57.3. The number of carboxylic acids is 4. The molecular weight excluding hydrogens is 450 g/mol. The van der Waals surface area contributed by atoms with Crippen LogP contribution in [0.15, 0.2) is 0 Å². The Labute approximate surface area is 191 Å². The maximum atomic E-state index is 10.1. The van der Waals surface area contributed by atoms with Crippen molar-refractivity contribution in [2.24, 2.45) is 28.7 Å². The van der Waals surface area contributed by atoms with Crippen LogP contribution < -0.4 is 28.7 Å². The van der Waals surface area contributed by atoms with Crippen LogP contribution in [0.4, 0.5) is 0 Å². The van der Waals surface area contributed by atoms with E-state index in [0.717, 1.165) is 12.8 Å². The highest BCUT2D eigenvalue weighted by molar-refractivity contribution is 5.74. The van der Waals surface area contributed by atoms with E-state index in [9.17, 15) is 19.2 Å². The van der Waals surface area contributed by atoms with Crippen LogP contribution in [0.5, 0.6) is 0 Å². The number of nitrogens with two attached hydrogens (primary N) is 5. The molecule has 0 heterocycles. The van der Waals surface area contributed by atoms with Gasteiger partial charge >= 0.3 is 23.9 Å². The number of unbranched alkanes of at least 4 members (excludes halogenated alkanes) is 1. The summed E-state index contributed by atoms with van der Waals surface area (Å²) >= 11 is 0. The second kappa shape index (κ2) is 22.7. The van der Waals surface area contributed by atoms with Gasteiger partial charge in [0, 0.05) is 0 Å². The van der Waals surface area contributed by atoms with Gasteiger partial charge in [0.1, 0.15) is 24.2 Å². The van der Waals surface area contributed by atoms with Crippen molar-refractivity contribution in [2.45, 2.75) is 69.5 Å². The van der Waals surface area contributed by atoms with Gasteiger partial charge in [-0.2, -0.15) is 0 Å². The van der Waals surface area contributed by atoms with Gasteiger partial charge in [-0.1, -0.05) is 6.42 Å². The molecule has 0 radical (unpaired) electrons. The van der Waals surface area contributed by atoms with Crippen LogP contribution in [-0.4, -0.2) is 109 Å². The zero-order chi connectivity index (χ0) is 27.3. The minimum absolute atomic E-state index is 0.505. The molecule has 0 spiro atoms. The Morgan fingerprint density at radius 2 is 1.00 bits per heavy atom. The van der Waals surface area contributed by atoms with E-state index in [2.05, 4.69) is 0 Å². The number of hydrogen-bond acceptors (Lipinski definition) is 12. The van der Waals surface area contributed by atoms with Crippen molar-refractivity contribution in [2.75, 3.05) is 13.2 Å². The molecule has 16 nitrogen and oxygen atoms in total. The SMILES string of the molecule is C[C@@H](O)[C@H](N)C(=O)O.C[C@@H](O)[C@H](N)C(=O)O.NCCCC[C@H](N)C(=O)O.N[C@@H](CO)C(=O)O. The minimum atomic E-state index is -1.18. The van der Waals surface area contributed by atoms with E-state index in [4.69, 9.17) is 64.4 Å². The Bertz CT molecular complexity index is 525. The van der Waals surface area contributed by atoms with Crippen LogP contribution in [-0.2, 0) is 19.2 Å². The molecule has 33 heavy (non-hydrogen) atoms. The zero-order valence-electron chi connectivity index (χ0n) is 18.6. The third kappa shape index (κ3) is 27.5. The van der Waals surface area contributed by atoms with Gasteiger partial charge in [0.05, 0.1) is 18.8 Å². The highest BCUT2D eigenvalue weighted by Crippen LogP contribution is 1.97. The van der Waals surface area contributed by atoms with Crippen molar-refractivity contribution in [3.05, 3.63) is 0 Å². The van der Waals surface area contributed by atoms with Crippen molar-refractivity contribution in [3.63, 3.8) is 0 Å². The van der Waals surface area contributed by atoms with Gasteiger partial charge in [-0.15, -0.1) is 0 Å². The standard InChI is InChI=1S/C6H14N2O2.2C4H9NO3.C3H7NO3/c7-4-2-1-3-5(8)6(9)10;2*1-2(6)3(5)4(7)8;4-2(1-5)3(6)7/h5H,1-4,7-8H2,(H,9,10);2*2-3,6H,5H2,1H3,(H,7,8);2,5H,1,4H2,(H,6,7)/t5-;2*2-,3+;2-/m0110/s1. The van der Waals surface area contributed by atoms with Gasteiger partial charge in [-0.25, -0.2) is 0 Å². The lowest BCUT2D eigenvalue weighted by atomic mass is 10.1. The van der Waals surface area contributed by atoms with Crippen LogP contribution in [0.25, 0.3) is 0 Å². The molecule has 17 N–H and O–H groups in total. The monoisotopic (exact) mass is 489 g/mol. The predicted octanol–water partition coefficient (Wildman–Crippen LogP) is -4.52. The van der Waals surface area contributed by atoms with Gasteiger partial charge in [0.15, 0.2) is 0 Å². The van der Waals surface area contributed by atoms with Crippen LogP contribution in [0.2, 0.25) is 0 Å². The number of aliphatic hydroxyl groups excluding tert-OH is 3. The maximum Gasteiger partial charge on any atom is 0.323 e. The fourth-order valence-electron chi connectivity index (χ4n) is 1.12. The molecule has 0 aromatic heterocycles. The molecule has 0 saturated heterocycles. The lowest BCUT2D eigenvalue weighted by Gasteiger charge is -2.07. The second-order valence-electron chi connectivity index (χ2n) is 6.57. The van der Waals surface area contributed by atoms with Crippen LogP contribution in [0.3, 0.4) is 0 Å². The van der Waals surface area contributed by atoms with E-state index >= 15 is 0 Å². The highest BCUT2D eigenvalue weighted by Gasteiger charge is 2.17. The first-order valence-electron chi connectivity index (χ1n) is 9.58. The lowest BCUT2D eigenvalue weighted by Crippen LogP contribution is -2.39. The largest absolute Gasteiger partial charge is 0.480 e. The average molecular weight is 490 g/mol. The van der Waals surface area contributed by atoms with Crippen molar-refractivity contribution >= 4 is 23.9 Å². The predicted molar refractivity (Wildman–Crippen MR) is 116 cm³/mol. The summed E-state index contributed by atoms with van der Waals surface area (Å²) in [5.41, 5.74) is 25.0. The molecule has 0 amide bonds. The molecule has 0 aromatic carbocycles. The Morgan fingerprint density at radius 1 is 0.667 bits per heavy atom. The van der Waals surface area contributed by atoms with Crippen molar-refractivity contribution < 1.29 is 54.9 Å². The first kappa shape index (κ1) is 37.9. The fourth-order valence-corrected chi connectivity index (χ4v) is 1.12. The number of carboxylic acid groups (broad SMARTS) is 4. The number of rotatable bonds is 11.